The second-order valence-electron chi connectivity index (χ2n) is 6.44. The fourth-order valence-electron chi connectivity index (χ4n) is 2.91. The first-order valence-corrected chi connectivity index (χ1v) is 9.02. The molecule has 0 radical (unpaired) electrons. The molecule has 0 saturated carbocycles. The number of hydrogen-bond acceptors (Lipinski definition) is 6. The molecular formula is C17H30N4O3. The molecule has 1 aliphatic rings. The minimum atomic E-state index is -0.270. The van der Waals surface area contributed by atoms with Crippen molar-refractivity contribution < 1.29 is 14.1 Å². The molecule has 7 heteroatoms. The lowest BCUT2D eigenvalue weighted by atomic mass is 10.1. The van der Waals surface area contributed by atoms with Crippen LogP contribution in [0.15, 0.2) is 4.52 Å². The maximum atomic E-state index is 12.2. The molecular weight excluding hydrogens is 308 g/mol. The summed E-state index contributed by atoms with van der Waals surface area (Å²) in [6, 6.07) is -0.270. The predicted molar refractivity (Wildman–Crippen MR) is 90.6 cm³/mol. The van der Waals surface area contributed by atoms with Gasteiger partial charge in [-0.2, -0.15) is 4.98 Å². The average Bonchev–Trinajstić information content (AvgIpc) is 3.01. The Bertz CT molecular complexity index is 484. The Morgan fingerprint density at radius 2 is 2.00 bits per heavy atom. The summed E-state index contributed by atoms with van der Waals surface area (Å²) in [5, 5.41) is 6.84. The van der Waals surface area contributed by atoms with Gasteiger partial charge in [0.05, 0.1) is 6.61 Å². The molecule has 1 aromatic rings. The van der Waals surface area contributed by atoms with E-state index >= 15 is 0 Å². The molecule has 1 amide bonds. The molecule has 1 fully saturated rings. The van der Waals surface area contributed by atoms with E-state index in [1.807, 2.05) is 6.92 Å². The second kappa shape index (κ2) is 10.4. The third-order valence-corrected chi connectivity index (χ3v) is 4.37. The molecule has 2 heterocycles. The van der Waals surface area contributed by atoms with Gasteiger partial charge in [-0.05, 0) is 32.9 Å². The predicted octanol–water partition coefficient (Wildman–Crippen LogP) is 2.09. The molecule has 1 unspecified atom stereocenters. The zero-order valence-electron chi connectivity index (χ0n) is 14.9. The summed E-state index contributed by atoms with van der Waals surface area (Å²) in [6.07, 6.45) is 7.56. The van der Waals surface area contributed by atoms with Crippen molar-refractivity contribution in [3.8, 4) is 0 Å². The van der Waals surface area contributed by atoms with Gasteiger partial charge in [0.2, 0.25) is 11.8 Å². The molecule has 0 aromatic carbocycles. The minimum absolute atomic E-state index is 0.0289. The van der Waals surface area contributed by atoms with E-state index < -0.39 is 0 Å². The van der Waals surface area contributed by atoms with Crippen molar-refractivity contribution in [3.05, 3.63) is 11.7 Å². The Kier molecular flexibility index (Phi) is 8.18. The Hall–Kier alpha value is -1.47. The number of nitrogens with zero attached hydrogens (tertiary/aromatic N) is 3. The van der Waals surface area contributed by atoms with Crippen LogP contribution >= 0.6 is 0 Å². The summed E-state index contributed by atoms with van der Waals surface area (Å²) in [5.41, 5.74) is 0. The maximum absolute atomic E-state index is 12.2. The molecule has 7 nitrogen and oxygen atoms in total. The monoisotopic (exact) mass is 338 g/mol. The van der Waals surface area contributed by atoms with Crippen LogP contribution in [0.3, 0.4) is 0 Å². The van der Waals surface area contributed by atoms with Crippen LogP contribution < -0.4 is 5.32 Å². The van der Waals surface area contributed by atoms with Gasteiger partial charge in [-0.3, -0.25) is 4.79 Å². The average molecular weight is 338 g/mol. The number of rotatable bonds is 8. The molecule has 0 bridgehead atoms. The summed E-state index contributed by atoms with van der Waals surface area (Å²) in [4.78, 5) is 18.8. The van der Waals surface area contributed by atoms with Crippen molar-refractivity contribution in [2.24, 2.45) is 0 Å². The van der Waals surface area contributed by atoms with Crippen molar-refractivity contribution in [1.29, 1.82) is 0 Å². The first kappa shape index (κ1) is 18.9. The van der Waals surface area contributed by atoms with Crippen molar-refractivity contribution in [1.82, 2.24) is 20.4 Å². The number of methoxy groups -OCH3 is 1. The number of hydrogen-bond donors (Lipinski definition) is 1. The second-order valence-corrected chi connectivity index (χ2v) is 6.44. The highest BCUT2D eigenvalue weighted by molar-refractivity contribution is 5.76. The summed E-state index contributed by atoms with van der Waals surface area (Å²) in [7, 11) is 1.63. The normalized spacial score (nSPS) is 17.9. The van der Waals surface area contributed by atoms with E-state index in [-0.39, 0.29) is 11.9 Å². The summed E-state index contributed by atoms with van der Waals surface area (Å²) >= 11 is 0. The number of likely N-dealkylation sites (tertiary alicyclic amines) is 1. The molecule has 136 valence electrons. The molecule has 1 saturated heterocycles. The third-order valence-electron chi connectivity index (χ3n) is 4.37. The lowest BCUT2D eigenvalue weighted by Gasteiger charge is -2.24. The topological polar surface area (TPSA) is 80.5 Å². The van der Waals surface area contributed by atoms with Gasteiger partial charge in [0.1, 0.15) is 6.04 Å². The first-order valence-electron chi connectivity index (χ1n) is 9.02. The molecule has 24 heavy (non-hydrogen) atoms. The van der Waals surface area contributed by atoms with Crippen molar-refractivity contribution in [2.75, 3.05) is 33.4 Å². The van der Waals surface area contributed by atoms with Gasteiger partial charge >= 0.3 is 0 Å². The van der Waals surface area contributed by atoms with Crippen LogP contribution in [0.5, 0.6) is 0 Å². The van der Waals surface area contributed by atoms with Crippen LogP contribution in [0.4, 0.5) is 0 Å². The lowest BCUT2D eigenvalue weighted by molar-refractivity contribution is -0.122. The van der Waals surface area contributed by atoms with Crippen molar-refractivity contribution in [2.45, 2.75) is 57.9 Å². The van der Waals surface area contributed by atoms with E-state index in [0.717, 1.165) is 19.6 Å². The number of carbonyl (C=O) groups excluding carboxylic acids is 1. The van der Waals surface area contributed by atoms with Gasteiger partial charge in [0, 0.05) is 26.5 Å². The standard InChI is InChI=1S/C17H30N4O3/c1-14(17-19-15(20-24-17)9-13-23-2)18-16(22)8-12-21-10-6-4-3-5-7-11-21/h14H,3-13H2,1-2H3,(H,18,22). The number of nitrogens with one attached hydrogen (secondary N) is 1. The van der Waals surface area contributed by atoms with Gasteiger partial charge in [0.15, 0.2) is 5.82 Å². The Morgan fingerprint density at radius 1 is 1.29 bits per heavy atom. The zero-order valence-corrected chi connectivity index (χ0v) is 14.9. The number of amides is 1. The fourth-order valence-corrected chi connectivity index (χ4v) is 2.91. The highest BCUT2D eigenvalue weighted by atomic mass is 16.5. The van der Waals surface area contributed by atoms with Gasteiger partial charge in [-0.1, -0.05) is 24.4 Å². The van der Waals surface area contributed by atoms with Crippen LogP contribution in [0.1, 0.15) is 63.2 Å². The molecule has 0 spiro atoms. The smallest absolute Gasteiger partial charge is 0.248 e. The van der Waals surface area contributed by atoms with Gasteiger partial charge in [0.25, 0.3) is 0 Å². The zero-order chi connectivity index (χ0) is 17.2. The van der Waals surface area contributed by atoms with E-state index in [0.29, 0.717) is 31.2 Å². The Labute approximate surface area is 144 Å². The van der Waals surface area contributed by atoms with E-state index in [2.05, 4.69) is 20.4 Å². The Morgan fingerprint density at radius 3 is 2.71 bits per heavy atom. The quantitative estimate of drug-likeness (QED) is 0.782. The summed E-state index contributed by atoms with van der Waals surface area (Å²) in [6.45, 7) is 5.45. The molecule has 1 atom stereocenters. The molecule has 1 N–H and O–H groups in total. The van der Waals surface area contributed by atoms with Gasteiger partial charge < -0.3 is 19.5 Å². The van der Waals surface area contributed by atoms with Crippen LogP contribution in [0, 0.1) is 0 Å². The lowest BCUT2D eigenvalue weighted by Crippen LogP contribution is -2.33. The van der Waals surface area contributed by atoms with E-state index in [1.54, 1.807) is 7.11 Å². The van der Waals surface area contributed by atoms with E-state index in [1.165, 1.54) is 32.1 Å². The van der Waals surface area contributed by atoms with Gasteiger partial charge in [-0.15, -0.1) is 0 Å². The molecule has 1 aliphatic heterocycles. The summed E-state index contributed by atoms with van der Waals surface area (Å²) in [5.74, 6) is 1.08. The first-order chi connectivity index (χ1) is 11.7. The van der Waals surface area contributed by atoms with Crippen molar-refractivity contribution in [3.63, 3.8) is 0 Å². The van der Waals surface area contributed by atoms with Crippen LogP contribution in [-0.4, -0.2) is 54.3 Å². The highest BCUT2D eigenvalue weighted by Crippen LogP contribution is 2.12. The molecule has 2 rings (SSSR count). The molecule has 1 aromatic heterocycles. The largest absolute Gasteiger partial charge is 0.384 e. The SMILES string of the molecule is COCCc1noc(C(C)NC(=O)CCN2CCCCCCC2)n1. The van der Waals surface area contributed by atoms with Crippen LogP contribution in [0.2, 0.25) is 0 Å². The Balaban J connectivity index is 1.71. The number of carbonyl (C=O) groups is 1. The molecule has 0 aliphatic carbocycles. The number of ether oxygens (including phenoxy) is 1. The van der Waals surface area contributed by atoms with Gasteiger partial charge in [-0.25, -0.2) is 0 Å². The van der Waals surface area contributed by atoms with Crippen LogP contribution in [0.25, 0.3) is 0 Å². The van der Waals surface area contributed by atoms with E-state index in [9.17, 15) is 4.79 Å². The minimum Gasteiger partial charge on any atom is -0.384 e. The fraction of sp³-hybridized carbons (Fsp3) is 0.824. The highest BCUT2D eigenvalue weighted by Gasteiger charge is 2.17. The van der Waals surface area contributed by atoms with Crippen molar-refractivity contribution >= 4 is 5.91 Å². The maximum Gasteiger partial charge on any atom is 0.248 e. The third kappa shape index (κ3) is 6.57. The number of aromatic nitrogens is 2. The van der Waals surface area contributed by atoms with E-state index in [4.69, 9.17) is 9.26 Å². The summed E-state index contributed by atoms with van der Waals surface area (Å²) < 4.78 is 10.2. The van der Waals surface area contributed by atoms with Crippen LogP contribution in [-0.2, 0) is 16.0 Å².